The normalized spacial score (nSPS) is 13.8. The lowest BCUT2D eigenvalue weighted by Gasteiger charge is -2.36. The maximum atomic E-state index is 12.1. The summed E-state index contributed by atoms with van der Waals surface area (Å²) in [6.45, 7) is 4.82. The van der Waals surface area contributed by atoms with Crippen LogP contribution in [0.3, 0.4) is 0 Å². The number of para-hydroxylation sites is 2. The monoisotopic (exact) mass is 379 g/mol. The number of piperazine rings is 1. The number of rotatable bonds is 7. The van der Waals surface area contributed by atoms with Gasteiger partial charge in [0.1, 0.15) is 5.75 Å². The van der Waals surface area contributed by atoms with Gasteiger partial charge in [0.05, 0.1) is 25.9 Å². The number of methoxy groups -OCH3 is 2. The summed E-state index contributed by atoms with van der Waals surface area (Å²) in [6.07, 6.45) is 0. The molecule has 1 aromatic carbocycles. The Morgan fingerprint density at radius 1 is 1.12 bits per heavy atom. The molecule has 0 aliphatic carbocycles. The summed E-state index contributed by atoms with van der Waals surface area (Å²) in [5.74, 6) is 1.03. The highest BCUT2D eigenvalue weighted by molar-refractivity contribution is 5.85. The van der Waals surface area contributed by atoms with Crippen molar-refractivity contribution in [3.05, 3.63) is 24.3 Å². The van der Waals surface area contributed by atoms with Gasteiger partial charge in [0.15, 0.2) is 0 Å². The average molecular weight is 380 g/mol. The zero-order chi connectivity index (χ0) is 15.8. The molecule has 0 aromatic heterocycles. The molecule has 2 rings (SSSR count). The first-order valence-corrected chi connectivity index (χ1v) is 7.61. The van der Waals surface area contributed by atoms with Crippen LogP contribution in [-0.4, -0.2) is 70.9 Å². The number of nitrogens with zero attached hydrogens (tertiary/aromatic N) is 2. The minimum Gasteiger partial charge on any atom is -0.495 e. The predicted octanol–water partition coefficient (Wildman–Crippen LogP) is 1.42. The Kier molecular flexibility index (Phi) is 11.6. The summed E-state index contributed by atoms with van der Waals surface area (Å²) in [6, 6.07) is 8.00. The molecule has 1 amide bonds. The van der Waals surface area contributed by atoms with Crippen molar-refractivity contribution < 1.29 is 14.3 Å². The van der Waals surface area contributed by atoms with E-state index in [4.69, 9.17) is 9.47 Å². The van der Waals surface area contributed by atoms with Crippen molar-refractivity contribution in [2.75, 3.05) is 65.0 Å². The molecule has 1 aliphatic rings. The number of anilines is 1. The van der Waals surface area contributed by atoms with Crippen LogP contribution < -0.4 is 15.0 Å². The van der Waals surface area contributed by atoms with Crippen LogP contribution in [0.1, 0.15) is 0 Å². The second-order valence-electron chi connectivity index (χ2n) is 5.21. The molecular weight excluding hydrogens is 353 g/mol. The number of amides is 1. The van der Waals surface area contributed by atoms with E-state index in [1.807, 2.05) is 23.1 Å². The first-order valence-electron chi connectivity index (χ1n) is 7.61. The molecule has 1 aliphatic heterocycles. The van der Waals surface area contributed by atoms with E-state index >= 15 is 0 Å². The molecule has 1 aromatic rings. The summed E-state index contributed by atoms with van der Waals surface area (Å²) in [7, 11) is 3.34. The van der Waals surface area contributed by atoms with Crippen LogP contribution in [-0.2, 0) is 9.53 Å². The van der Waals surface area contributed by atoms with Gasteiger partial charge in [-0.25, -0.2) is 0 Å². The molecule has 24 heavy (non-hydrogen) atoms. The summed E-state index contributed by atoms with van der Waals surface area (Å²) < 4.78 is 10.4. The van der Waals surface area contributed by atoms with Gasteiger partial charge in [-0.15, -0.1) is 24.8 Å². The predicted molar refractivity (Wildman–Crippen MR) is 101 cm³/mol. The summed E-state index contributed by atoms with van der Waals surface area (Å²) in [4.78, 5) is 16.3. The van der Waals surface area contributed by atoms with Gasteiger partial charge in [0, 0.05) is 39.8 Å². The van der Waals surface area contributed by atoms with Gasteiger partial charge in [-0.3, -0.25) is 4.79 Å². The number of ether oxygens (including phenoxy) is 2. The molecule has 0 atom stereocenters. The standard InChI is InChI=1S/C16H25N3O3.2ClH/c1-21-12-7-17-13-16(20)19-10-8-18(9-11-19)14-5-3-4-6-15(14)22-2;;/h3-6,17H,7-13H2,1-2H3;2*1H. The minimum absolute atomic E-state index is 0. The van der Waals surface area contributed by atoms with E-state index in [1.165, 1.54) is 0 Å². The SMILES string of the molecule is COCCNCC(=O)N1CCN(c2ccccc2OC)CC1.Cl.Cl. The molecule has 0 unspecified atom stereocenters. The van der Waals surface area contributed by atoms with Crippen molar-refractivity contribution in [2.24, 2.45) is 0 Å². The maximum Gasteiger partial charge on any atom is 0.236 e. The lowest BCUT2D eigenvalue weighted by molar-refractivity contribution is -0.130. The van der Waals surface area contributed by atoms with Crippen molar-refractivity contribution in [3.8, 4) is 5.75 Å². The van der Waals surface area contributed by atoms with Crippen LogP contribution in [0.15, 0.2) is 24.3 Å². The lowest BCUT2D eigenvalue weighted by Crippen LogP contribution is -2.51. The van der Waals surface area contributed by atoms with Crippen LogP contribution in [0.4, 0.5) is 5.69 Å². The van der Waals surface area contributed by atoms with Crippen molar-refractivity contribution in [1.82, 2.24) is 10.2 Å². The Morgan fingerprint density at radius 3 is 2.42 bits per heavy atom. The van der Waals surface area contributed by atoms with E-state index in [-0.39, 0.29) is 30.7 Å². The number of nitrogens with one attached hydrogen (secondary N) is 1. The largest absolute Gasteiger partial charge is 0.495 e. The van der Waals surface area contributed by atoms with E-state index in [9.17, 15) is 4.79 Å². The number of hydrogen-bond donors (Lipinski definition) is 1. The molecule has 1 N–H and O–H groups in total. The topological polar surface area (TPSA) is 54.0 Å². The van der Waals surface area contributed by atoms with Crippen molar-refractivity contribution in [2.45, 2.75) is 0 Å². The Labute approximate surface area is 156 Å². The lowest BCUT2D eigenvalue weighted by atomic mass is 10.2. The van der Waals surface area contributed by atoms with Crippen LogP contribution in [0.25, 0.3) is 0 Å². The summed E-state index contributed by atoms with van der Waals surface area (Å²) in [5.41, 5.74) is 1.09. The molecule has 6 nitrogen and oxygen atoms in total. The molecule has 1 heterocycles. The van der Waals surface area contributed by atoms with Crippen LogP contribution in [0, 0.1) is 0 Å². The van der Waals surface area contributed by atoms with E-state index in [2.05, 4.69) is 16.3 Å². The van der Waals surface area contributed by atoms with Gasteiger partial charge in [-0.05, 0) is 12.1 Å². The molecular formula is C16H27Cl2N3O3. The van der Waals surface area contributed by atoms with Gasteiger partial charge >= 0.3 is 0 Å². The van der Waals surface area contributed by atoms with Crippen LogP contribution in [0.5, 0.6) is 5.75 Å². The van der Waals surface area contributed by atoms with Gasteiger partial charge in [0.2, 0.25) is 5.91 Å². The van der Waals surface area contributed by atoms with E-state index < -0.39 is 0 Å². The minimum atomic E-state index is 0. The molecule has 0 saturated carbocycles. The number of benzene rings is 1. The Bertz CT molecular complexity index is 483. The smallest absolute Gasteiger partial charge is 0.236 e. The number of carbonyl (C=O) groups is 1. The van der Waals surface area contributed by atoms with Crippen LogP contribution in [0.2, 0.25) is 0 Å². The molecule has 0 radical (unpaired) electrons. The molecule has 1 saturated heterocycles. The summed E-state index contributed by atoms with van der Waals surface area (Å²) >= 11 is 0. The third-order valence-electron chi connectivity index (χ3n) is 3.82. The Balaban J connectivity index is 0.00000264. The fourth-order valence-corrected chi connectivity index (χ4v) is 2.57. The number of hydrogen-bond acceptors (Lipinski definition) is 5. The molecule has 8 heteroatoms. The molecule has 0 spiro atoms. The second-order valence-corrected chi connectivity index (χ2v) is 5.21. The average Bonchev–Trinajstić information content (AvgIpc) is 2.58. The van der Waals surface area contributed by atoms with Gasteiger partial charge < -0.3 is 24.6 Å². The zero-order valence-corrected chi connectivity index (χ0v) is 15.8. The molecule has 138 valence electrons. The third-order valence-corrected chi connectivity index (χ3v) is 3.82. The van der Waals surface area contributed by atoms with Gasteiger partial charge in [-0.1, -0.05) is 12.1 Å². The van der Waals surface area contributed by atoms with Crippen molar-refractivity contribution >= 4 is 36.4 Å². The highest BCUT2D eigenvalue weighted by Crippen LogP contribution is 2.28. The zero-order valence-electron chi connectivity index (χ0n) is 14.2. The van der Waals surface area contributed by atoms with Crippen molar-refractivity contribution in [3.63, 3.8) is 0 Å². The van der Waals surface area contributed by atoms with Gasteiger partial charge in [0.25, 0.3) is 0 Å². The highest BCUT2D eigenvalue weighted by atomic mass is 35.5. The second kappa shape index (κ2) is 12.2. The first-order chi connectivity index (χ1) is 10.8. The molecule has 0 bridgehead atoms. The third kappa shape index (κ3) is 6.36. The Morgan fingerprint density at radius 2 is 1.79 bits per heavy atom. The van der Waals surface area contributed by atoms with Crippen molar-refractivity contribution in [1.29, 1.82) is 0 Å². The quantitative estimate of drug-likeness (QED) is 0.726. The Hall–Kier alpha value is -1.21. The summed E-state index contributed by atoms with van der Waals surface area (Å²) in [5, 5.41) is 3.09. The fourth-order valence-electron chi connectivity index (χ4n) is 2.57. The number of carbonyl (C=O) groups excluding carboxylic acids is 1. The van der Waals surface area contributed by atoms with Gasteiger partial charge in [-0.2, -0.15) is 0 Å². The number of halogens is 2. The van der Waals surface area contributed by atoms with E-state index in [0.717, 1.165) is 37.6 Å². The first kappa shape index (κ1) is 22.8. The van der Waals surface area contributed by atoms with Crippen LogP contribution >= 0.6 is 24.8 Å². The van der Waals surface area contributed by atoms with E-state index in [0.29, 0.717) is 19.7 Å². The van der Waals surface area contributed by atoms with E-state index in [1.54, 1.807) is 14.2 Å². The maximum absolute atomic E-state index is 12.1. The highest BCUT2D eigenvalue weighted by Gasteiger charge is 2.22. The fraction of sp³-hybridized carbons (Fsp3) is 0.562. The molecule has 1 fully saturated rings.